The largest absolute Gasteiger partial charge is 1.00 e. The molecule has 18 heavy (non-hydrogen) atoms. The predicted octanol–water partition coefficient (Wildman–Crippen LogP) is -0.772. The number of hydrogen-bond donors (Lipinski definition) is 2. The van der Waals surface area contributed by atoms with Gasteiger partial charge in [0.05, 0.1) is 0 Å². The van der Waals surface area contributed by atoms with Crippen LogP contribution in [0.15, 0.2) is 0 Å². The maximum atomic E-state index is 7.00. The van der Waals surface area contributed by atoms with Crippen LogP contribution in [0.5, 0.6) is 0 Å². The standard InChI is InChI=1S/C12H28S.BH2O2.Na.H2O.H/c1-5-9-13(10-6-2,11-7-3)12-8-4;2-1-3;;;/h5-12H2,1-4H3;2-3H;;1H2;/q;;+1;;-1. The molecule has 0 saturated heterocycles. The van der Waals surface area contributed by atoms with E-state index in [0.29, 0.717) is 0 Å². The van der Waals surface area contributed by atoms with Crippen molar-refractivity contribution in [3.05, 3.63) is 0 Å². The Labute approximate surface area is 140 Å². The maximum Gasteiger partial charge on any atom is 1.00 e. The molecule has 0 amide bonds. The van der Waals surface area contributed by atoms with E-state index in [9.17, 15) is 0 Å². The minimum absolute atomic E-state index is 0. The molecule has 3 nitrogen and oxygen atoms in total. The Morgan fingerprint density at radius 3 is 1.06 bits per heavy atom. The third kappa shape index (κ3) is 15.4. The molecule has 109 valence electrons. The van der Waals surface area contributed by atoms with Crippen LogP contribution in [0, 0.1) is 0 Å². The maximum absolute atomic E-state index is 7.00. The van der Waals surface area contributed by atoms with E-state index in [2.05, 4.69) is 27.7 Å². The average Bonchev–Trinajstić information content (AvgIpc) is 2.20. The van der Waals surface area contributed by atoms with Crippen LogP contribution >= 0.6 is 10.0 Å². The summed E-state index contributed by atoms with van der Waals surface area (Å²) in [4.78, 5) is 0. The van der Waals surface area contributed by atoms with E-state index in [4.69, 9.17) is 10.0 Å². The van der Waals surface area contributed by atoms with Gasteiger partial charge in [0.25, 0.3) is 0 Å². The van der Waals surface area contributed by atoms with Crippen LogP contribution in [0.4, 0.5) is 0 Å². The number of hydrogen-bond acceptors (Lipinski definition) is 2. The summed E-state index contributed by atoms with van der Waals surface area (Å²) in [6.07, 6.45) is 5.59. The van der Waals surface area contributed by atoms with E-state index in [-0.39, 0.29) is 54.2 Å². The van der Waals surface area contributed by atoms with E-state index in [1.54, 1.807) is 0 Å². The Morgan fingerprint density at radius 1 is 0.778 bits per heavy atom. The molecule has 6 heteroatoms. The molecule has 0 aliphatic rings. The van der Waals surface area contributed by atoms with Crippen LogP contribution in [0.1, 0.15) is 54.8 Å². The fraction of sp³-hybridized carbons (Fsp3) is 1.00. The predicted molar refractivity (Wildman–Crippen MR) is 83.1 cm³/mol. The molecule has 0 aliphatic heterocycles. The molecule has 0 atom stereocenters. The molecular formula is C12H33BNaO3S. The summed E-state index contributed by atoms with van der Waals surface area (Å²) in [7, 11) is -0.197. The van der Waals surface area contributed by atoms with Crippen molar-refractivity contribution < 1.29 is 46.5 Å². The van der Waals surface area contributed by atoms with Gasteiger partial charge < -0.3 is 17.0 Å². The molecule has 0 spiro atoms. The second kappa shape index (κ2) is 20.6. The van der Waals surface area contributed by atoms with Crippen LogP contribution in [-0.4, -0.2) is 46.2 Å². The van der Waals surface area contributed by atoms with Crippen molar-refractivity contribution in [2.45, 2.75) is 53.4 Å². The first kappa shape index (κ1) is 27.6. The zero-order valence-electron chi connectivity index (χ0n) is 14.0. The summed E-state index contributed by atoms with van der Waals surface area (Å²) in [5.74, 6) is 6.12. The normalized spacial score (nSPS) is 10.3. The monoisotopic (exact) mass is 291 g/mol. The van der Waals surface area contributed by atoms with Gasteiger partial charge in [0.2, 0.25) is 0 Å². The third-order valence-corrected chi connectivity index (χ3v) is 7.65. The Hall–Kier alpha value is 1.29. The van der Waals surface area contributed by atoms with Gasteiger partial charge in [-0.05, 0) is 48.7 Å². The Balaban J connectivity index is -0.0000000992. The van der Waals surface area contributed by atoms with Crippen molar-refractivity contribution in [1.29, 1.82) is 0 Å². The molecule has 0 fully saturated rings. The van der Waals surface area contributed by atoms with Gasteiger partial charge in [-0.3, -0.25) is 0 Å². The van der Waals surface area contributed by atoms with E-state index < -0.39 is 0 Å². The first-order chi connectivity index (χ1) is 7.66. The van der Waals surface area contributed by atoms with Gasteiger partial charge in [0.15, 0.2) is 0 Å². The van der Waals surface area contributed by atoms with Crippen molar-refractivity contribution in [1.82, 2.24) is 0 Å². The Kier molecular flexibility index (Phi) is 31.6. The molecular weight excluding hydrogens is 258 g/mol. The second-order valence-corrected chi connectivity index (χ2v) is 8.24. The van der Waals surface area contributed by atoms with E-state index in [1.807, 2.05) is 0 Å². The van der Waals surface area contributed by atoms with Gasteiger partial charge in [-0.25, -0.2) is 10.0 Å². The van der Waals surface area contributed by atoms with E-state index in [0.717, 1.165) is 0 Å². The van der Waals surface area contributed by atoms with Crippen molar-refractivity contribution in [3.8, 4) is 0 Å². The van der Waals surface area contributed by atoms with E-state index >= 15 is 0 Å². The van der Waals surface area contributed by atoms with Crippen LogP contribution in [0.3, 0.4) is 0 Å². The average molecular weight is 291 g/mol. The SMILES string of the molecule is CCCS(CCC)(CCC)CCC.O.O[B]O.[H-].[Na+]. The molecule has 1 radical (unpaired) electrons. The van der Waals surface area contributed by atoms with Gasteiger partial charge in [-0.2, -0.15) is 0 Å². The molecule has 0 rings (SSSR count). The van der Waals surface area contributed by atoms with Gasteiger partial charge in [-0.1, -0.05) is 27.7 Å². The summed E-state index contributed by atoms with van der Waals surface area (Å²) in [5, 5.41) is 14.0. The molecule has 0 heterocycles. The fourth-order valence-electron chi connectivity index (χ4n) is 2.34. The van der Waals surface area contributed by atoms with Crippen LogP contribution in [0.25, 0.3) is 0 Å². The summed E-state index contributed by atoms with van der Waals surface area (Å²) in [6, 6.07) is 0. The Morgan fingerprint density at radius 2 is 0.944 bits per heavy atom. The molecule has 0 bridgehead atoms. The van der Waals surface area contributed by atoms with Gasteiger partial charge in [0, 0.05) is 0 Å². The first-order valence-corrected chi connectivity index (χ1v) is 8.81. The minimum Gasteiger partial charge on any atom is -1.00 e. The molecule has 0 aromatic carbocycles. The molecule has 0 unspecified atom stereocenters. The van der Waals surface area contributed by atoms with Crippen LogP contribution < -0.4 is 29.6 Å². The quantitative estimate of drug-likeness (QED) is 0.576. The smallest absolute Gasteiger partial charge is 1.00 e. The molecule has 0 aromatic rings. The topological polar surface area (TPSA) is 72.0 Å². The number of rotatable bonds is 8. The van der Waals surface area contributed by atoms with Crippen molar-refractivity contribution >= 4 is 17.7 Å². The summed E-state index contributed by atoms with van der Waals surface area (Å²) in [6.45, 7) is 9.40. The van der Waals surface area contributed by atoms with Crippen molar-refractivity contribution in [2.24, 2.45) is 0 Å². The molecule has 0 aromatic heterocycles. The van der Waals surface area contributed by atoms with Gasteiger partial charge >= 0.3 is 37.2 Å². The zero-order valence-corrected chi connectivity index (χ0v) is 15.9. The zero-order chi connectivity index (χ0) is 12.9. The molecule has 0 saturated carbocycles. The fourth-order valence-corrected chi connectivity index (χ4v) is 7.03. The van der Waals surface area contributed by atoms with Crippen molar-refractivity contribution in [3.63, 3.8) is 0 Å². The molecule has 4 N–H and O–H groups in total. The van der Waals surface area contributed by atoms with Crippen LogP contribution in [0.2, 0.25) is 0 Å². The van der Waals surface area contributed by atoms with Crippen LogP contribution in [-0.2, 0) is 0 Å². The summed E-state index contributed by atoms with van der Waals surface area (Å²) >= 11 is 0. The van der Waals surface area contributed by atoms with Crippen molar-refractivity contribution in [2.75, 3.05) is 23.0 Å². The molecule has 0 aliphatic carbocycles. The Bertz CT molecular complexity index is 119. The minimum atomic E-state index is -0.197. The summed E-state index contributed by atoms with van der Waals surface area (Å²) < 4.78 is 0. The first-order valence-electron chi connectivity index (χ1n) is 6.50. The second-order valence-electron chi connectivity index (χ2n) is 4.16. The van der Waals surface area contributed by atoms with Gasteiger partial charge in [-0.15, -0.1) is 0 Å². The summed E-state index contributed by atoms with van der Waals surface area (Å²) in [5.41, 5.74) is 0. The van der Waals surface area contributed by atoms with E-state index in [1.165, 1.54) is 48.7 Å². The third-order valence-electron chi connectivity index (χ3n) is 2.55. The van der Waals surface area contributed by atoms with Gasteiger partial charge in [0.1, 0.15) is 0 Å².